The molecule has 0 aromatic carbocycles. The molecule has 0 saturated heterocycles. The first-order valence-corrected chi connectivity index (χ1v) is 6.13. The molecular formula is C12H18N4O3. The average Bonchev–Trinajstić information content (AvgIpc) is 2.87. The van der Waals surface area contributed by atoms with Gasteiger partial charge in [0.25, 0.3) is 5.56 Å². The number of aliphatic hydroxyl groups excluding tert-OH is 1. The average molecular weight is 266 g/mol. The molecule has 2 aromatic rings. The molecule has 1 atom stereocenters. The van der Waals surface area contributed by atoms with E-state index in [4.69, 9.17) is 4.74 Å². The van der Waals surface area contributed by atoms with E-state index in [1.54, 1.807) is 31.8 Å². The van der Waals surface area contributed by atoms with Crippen LogP contribution in [-0.4, -0.2) is 52.2 Å². The van der Waals surface area contributed by atoms with Gasteiger partial charge in [-0.25, -0.2) is 4.52 Å². The third-order valence-corrected chi connectivity index (χ3v) is 2.81. The molecule has 7 nitrogen and oxygen atoms in total. The molecule has 0 aliphatic carbocycles. The lowest BCUT2D eigenvalue weighted by molar-refractivity contribution is 0.143. The molecule has 0 amide bonds. The molecule has 19 heavy (non-hydrogen) atoms. The van der Waals surface area contributed by atoms with Crippen molar-refractivity contribution in [2.45, 2.75) is 12.6 Å². The lowest BCUT2D eigenvalue weighted by Crippen LogP contribution is -2.35. The highest BCUT2D eigenvalue weighted by Gasteiger charge is 2.08. The van der Waals surface area contributed by atoms with E-state index in [1.165, 1.54) is 9.08 Å². The van der Waals surface area contributed by atoms with Crippen molar-refractivity contribution in [1.29, 1.82) is 0 Å². The topological polar surface area (TPSA) is 80.8 Å². The van der Waals surface area contributed by atoms with Gasteiger partial charge in [-0.2, -0.15) is 5.10 Å². The number of fused-ring (bicyclic) bond motifs is 1. The van der Waals surface area contributed by atoms with Crippen LogP contribution in [0, 0.1) is 0 Å². The fraction of sp³-hybridized carbons (Fsp3) is 0.500. The molecule has 2 rings (SSSR count). The van der Waals surface area contributed by atoms with E-state index in [1.807, 2.05) is 0 Å². The third-order valence-electron chi connectivity index (χ3n) is 2.81. The van der Waals surface area contributed by atoms with E-state index in [-0.39, 0.29) is 12.1 Å². The molecule has 1 unspecified atom stereocenters. The molecule has 0 aliphatic rings. The fourth-order valence-electron chi connectivity index (χ4n) is 1.84. The van der Waals surface area contributed by atoms with Gasteiger partial charge in [0.1, 0.15) is 5.52 Å². The van der Waals surface area contributed by atoms with Gasteiger partial charge in [-0.05, 0) is 6.07 Å². The summed E-state index contributed by atoms with van der Waals surface area (Å²) >= 11 is 0. The lowest BCUT2D eigenvalue weighted by Gasteiger charge is -2.13. The number of rotatable bonds is 7. The quantitative estimate of drug-likeness (QED) is 0.634. The number of hydrogen-bond donors (Lipinski definition) is 2. The molecule has 2 N–H and O–H groups in total. The zero-order chi connectivity index (χ0) is 13.7. The van der Waals surface area contributed by atoms with Gasteiger partial charge in [0.05, 0.1) is 25.5 Å². The number of methoxy groups -OCH3 is 1. The van der Waals surface area contributed by atoms with Crippen LogP contribution in [0.5, 0.6) is 0 Å². The van der Waals surface area contributed by atoms with E-state index in [2.05, 4.69) is 10.4 Å². The maximum atomic E-state index is 12.1. The van der Waals surface area contributed by atoms with E-state index in [0.717, 1.165) is 0 Å². The van der Waals surface area contributed by atoms with Crippen molar-refractivity contribution in [2.75, 3.05) is 26.8 Å². The van der Waals surface area contributed by atoms with Crippen LogP contribution in [0.15, 0.2) is 29.5 Å². The Bertz CT molecular complexity index is 578. The Morgan fingerprint density at radius 2 is 2.37 bits per heavy atom. The van der Waals surface area contributed by atoms with Gasteiger partial charge in [-0.15, -0.1) is 0 Å². The summed E-state index contributed by atoms with van der Waals surface area (Å²) in [6, 6.07) is 1.65. The second-order valence-corrected chi connectivity index (χ2v) is 4.27. The monoisotopic (exact) mass is 266 g/mol. The van der Waals surface area contributed by atoms with Crippen LogP contribution in [0.25, 0.3) is 5.52 Å². The number of aliphatic hydroxyl groups is 1. The number of nitrogens with zero attached hydrogens (tertiary/aromatic N) is 3. The molecule has 0 bridgehead atoms. The van der Waals surface area contributed by atoms with Crippen molar-refractivity contribution in [3.05, 3.63) is 35.0 Å². The Hall–Kier alpha value is -1.70. The third kappa shape index (κ3) is 3.40. The summed E-state index contributed by atoms with van der Waals surface area (Å²) in [4.78, 5) is 12.1. The zero-order valence-corrected chi connectivity index (χ0v) is 10.8. The van der Waals surface area contributed by atoms with Crippen molar-refractivity contribution in [3.8, 4) is 0 Å². The van der Waals surface area contributed by atoms with E-state index >= 15 is 0 Å². The van der Waals surface area contributed by atoms with E-state index in [0.29, 0.717) is 25.2 Å². The Morgan fingerprint density at radius 1 is 1.53 bits per heavy atom. The smallest absolute Gasteiger partial charge is 0.276 e. The highest BCUT2D eigenvalue weighted by molar-refractivity contribution is 5.42. The summed E-state index contributed by atoms with van der Waals surface area (Å²) in [7, 11) is 1.62. The maximum absolute atomic E-state index is 12.1. The molecule has 0 aliphatic heterocycles. The van der Waals surface area contributed by atoms with Crippen LogP contribution >= 0.6 is 0 Å². The SMILES string of the molecule is COCCNCC(O)Cn1ccn2nccc2c1=O. The Kier molecular flexibility index (Phi) is 4.67. The van der Waals surface area contributed by atoms with Crippen molar-refractivity contribution >= 4 is 5.52 Å². The standard InChI is InChI=1S/C12H18N4O3/c1-19-7-4-13-8-10(17)9-15-5-6-16-11(12(15)18)2-3-14-16/h2-3,5-6,10,13,17H,4,7-9H2,1H3. The normalized spacial score (nSPS) is 12.9. The van der Waals surface area contributed by atoms with Crippen molar-refractivity contribution < 1.29 is 9.84 Å². The molecule has 0 radical (unpaired) electrons. The van der Waals surface area contributed by atoms with Crippen molar-refractivity contribution in [2.24, 2.45) is 0 Å². The minimum atomic E-state index is -0.625. The highest BCUT2D eigenvalue weighted by Crippen LogP contribution is 1.95. The predicted octanol–water partition coefficient (Wildman–Crippen LogP) is -0.907. The predicted molar refractivity (Wildman–Crippen MR) is 70.2 cm³/mol. The van der Waals surface area contributed by atoms with Gasteiger partial charge in [0.2, 0.25) is 0 Å². The molecule has 104 valence electrons. The zero-order valence-electron chi connectivity index (χ0n) is 10.8. The number of nitrogens with one attached hydrogen (secondary N) is 1. The highest BCUT2D eigenvalue weighted by atomic mass is 16.5. The summed E-state index contributed by atoms with van der Waals surface area (Å²) < 4.78 is 7.89. The molecular weight excluding hydrogens is 248 g/mol. The first-order valence-electron chi connectivity index (χ1n) is 6.13. The molecule has 0 fully saturated rings. The lowest BCUT2D eigenvalue weighted by atomic mass is 10.3. The molecule has 0 saturated carbocycles. The molecule has 2 aromatic heterocycles. The Morgan fingerprint density at radius 3 is 3.16 bits per heavy atom. The van der Waals surface area contributed by atoms with Gasteiger partial charge in [-0.1, -0.05) is 0 Å². The summed E-state index contributed by atoms with van der Waals surface area (Å²) in [6.45, 7) is 1.93. The fourth-order valence-corrected chi connectivity index (χ4v) is 1.84. The summed E-state index contributed by atoms with van der Waals surface area (Å²) in [5, 5.41) is 16.9. The van der Waals surface area contributed by atoms with Gasteiger partial charge in [0.15, 0.2) is 0 Å². The first-order chi connectivity index (χ1) is 9.22. The number of ether oxygens (including phenoxy) is 1. The van der Waals surface area contributed by atoms with Gasteiger partial charge >= 0.3 is 0 Å². The second-order valence-electron chi connectivity index (χ2n) is 4.27. The molecule has 7 heteroatoms. The van der Waals surface area contributed by atoms with Crippen LogP contribution in [0.2, 0.25) is 0 Å². The summed E-state index contributed by atoms with van der Waals surface area (Å²) in [5.41, 5.74) is 0.345. The first kappa shape index (κ1) is 13.7. The second kappa shape index (κ2) is 6.46. The van der Waals surface area contributed by atoms with Crippen LogP contribution in [0.3, 0.4) is 0 Å². The summed E-state index contributed by atoms with van der Waals surface area (Å²) in [5.74, 6) is 0. The molecule has 2 heterocycles. The van der Waals surface area contributed by atoms with E-state index < -0.39 is 6.10 Å². The summed E-state index contributed by atoms with van der Waals surface area (Å²) in [6.07, 6.45) is 4.27. The minimum Gasteiger partial charge on any atom is -0.390 e. The largest absolute Gasteiger partial charge is 0.390 e. The Labute approximate surface area is 110 Å². The molecule has 0 spiro atoms. The van der Waals surface area contributed by atoms with Gasteiger partial charge < -0.3 is 19.7 Å². The minimum absolute atomic E-state index is 0.157. The van der Waals surface area contributed by atoms with Crippen molar-refractivity contribution in [1.82, 2.24) is 19.5 Å². The van der Waals surface area contributed by atoms with Crippen LogP contribution in [0.4, 0.5) is 0 Å². The van der Waals surface area contributed by atoms with Crippen LogP contribution in [0.1, 0.15) is 0 Å². The van der Waals surface area contributed by atoms with Gasteiger partial charge in [0, 0.05) is 32.6 Å². The number of aromatic nitrogens is 3. The van der Waals surface area contributed by atoms with Crippen LogP contribution in [-0.2, 0) is 11.3 Å². The van der Waals surface area contributed by atoms with E-state index in [9.17, 15) is 9.90 Å². The number of hydrogen-bond acceptors (Lipinski definition) is 5. The van der Waals surface area contributed by atoms with Crippen LogP contribution < -0.4 is 10.9 Å². The van der Waals surface area contributed by atoms with Crippen molar-refractivity contribution in [3.63, 3.8) is 0 Å². The Balaban J connectivity index is 1.97. The maximum Gasteiger partial charge on any atom is 0.276 e. The van der Waals surface area contributed by atoms with Gasteiger partial charge in [-0.3, -0.25) is 4.79 Å².